The molecule has 8 heteroatoms. The summed E-state index contributed by atoms with van der Waals surface area (Å²) in [6, 6.07) is 15.7. The number of nitrogens with zero attached hydrogens (tertiary/aromatic N) is 2. The Balaban J connectivity index is 1.58. The number of thioether (sulfide) groups is 1. The Morgan fingerprint density at radius 2 is 1.75 bits per heavy atom. The van der Waals surface area contributed by atoms with E-state index < -0.39 is 28.2 Å². The normalized spacial score (nSPS) is 19.7. The lowest BCUT2D eigenvalue weighted by Gasteiger charge is -2.33. The summed E-state index contributed by atoms with van der Waals surface area (Å²) in [6.07, 6.45) is 0. The maximum absolute atomic E-state index is 14.4. The summed E-state index contributed by atoms with van der Waals surface area (Å²) in [5.74, 6) is -2.30. The van der Waals surface area contributed by atoms with Crippen molar-refractivity contribution in [3.05, 3.63) is 101 Å². The summed E-state index contributed by atoms with van der Waals surface area (Å²) in [4.78, 5) is 28.7. The van der Waals surface area contributed by atoms with E-state index in [1.165, 1.54) is 45.8 Å². The standard InChI is InChI=1S/C24H17F3N2O2S/c25-17-5-3-4-15(12-17)22(30)29-10-11-32-24(29)19-6-1-2-7-21(19)28(23(24)31)14-16-8-9-18(26)13-20(16)27/h1-9,12-13H,10-11,14H2/t24-/m1/s1. The molecule has 0 bridgehead atoms. The van der Waals surface area contributed by atoms with E-state index >= 15 is 0 Å². The molecule has 0 unspecified atom stereocenters. The first-order chi connectivity index (χ1) is 15.4. The molecule has 2 amide bonds. The SMILES string of the molecule is O=C(c1cccc(F)c1)N1CCS[C@]12C(=O)N(Cc1ccc(F)cc1F)c1ccccc12. The summed E-state index contributed by atoms with van der Waals surface area (Å²) in [6.45, 7) is 0.200. The zero-order valence-corrected chi connectivity index (χ0v) is 17.5. The molecule has 1 spiro atoms. The number of carbonyl (C=O) groups is 2. The molecule has 0 aliphatic carbocycles. The summed E-state index contributed by atoms with van der Waals surface area (Å²) < 4.78 is 41.5. The molecule has 1 atom stereocenters. The average Bonchev–Trinajstić information content (AvgIpc) is 3.32. The molecule has 2 aliphatic rings. The first kappa shape index (κ1) is 20.6. The molecule has 162 valence electrons. The van der Waals surface area contributed by atoms with Gasteiger partial charge in [0, 0.05) is 35.1 Å². The van der Waals surface area contributed by atoms with E-state index in [2.05, 4.69) is 0 Å². The largest absolute Gasteiger partial charge is 0.311 e. The molecule has 2 aliphatic heterocycles. The number of anilines is 1. The molecule has 2 heterocycles. The summed E-state index contributed by atoms with van der Waals surface area (Å²) in [5.41, 5.74) is 1.50. The number of benzene rings is 3. The van der Waals surface area contributed by atoms with Crippen LogP contribution < -0.4 is 4.90 Å². The van der Waals surface area contributed by atoms with Gasteiger partial charge in [0.2, 0.25) is 0 Å². The van der Waals surface area contributed by atoms with Crippen LogP contribution in [-0.2, 0) is 16.2 Å². The van der Waals surface area contributed by atoms with Gasteiger partial charge in [-0.2, -0.15) is 0 Å². The van der Waals surface area contributed by atoms with Crippen LogP contribution in [0, 0.1) is 17.5 Å². The highest BCUT2D eigenvalue weighted by atomic mass is 32.2. The predicted molar refractivity (Wildman–Crippen MR) is 116 cm³/mol. The lowest BCUT2D eigenvalue weighted by molar-refractivity contribution is -0.123. The monoisotopic (exact) mass is 454 g/mol. The molecule has 3 aromatic rings. The van der Waals surface area contributed by atoms with Crippen LogP contribution in [-0.4, -0.2) is 29.0 Å². The van der Waals surface area contributed by atoms with Crippen molar-refractivity contribution in [1.29, 1.82) is 0 Å². The van der Waals surface area contributed by atoms with Gasteiger partial charge in [-0.1, -0.05) is 30.3 Å². The van der Waals surface area contributed by atoms with Crippen molar-refractivity contribution in [2.24, 2.45) is 0 Å². The summed E-state index contributed by atoms with van der Waals surface area (Å²) in [7, 11) is 0. The molecule has 1 saturated heterocycles. The maximum atomic E-state index is 14.4. The van der Waals surface area contributed by atoms with Crippen molar-refractivity contribution >= 4 is 29.3 Å². The minimum atomic E-state index is -1.32. The second-order valence-corrected chi connectivity index (χ2v) is 8.89. The van der Waals surface area contributed by atoms with Crippen molar-refractivity contribution in [3.63, 3.8) is 0 Å². The number of hydrogen-bond donors (Lipinski definition) is 0. The Bertz CT molecular complexity index is 1250. The third kappa shape index (κ3) is 3.09. The molecular weight excluding hydrogens is 437 g/mol. The fourth-order valence-corrected chi connectivity index (χ4v) is 5.78. The third-order valence-corrected chi connectivity index (χ3v) is 7.18. The topological polar surface area (TPSA) is 40.6 Å². The van der Waals surface area contributed by atoms with Gasteiger partial charge >= 0.3 is 0 Å². The van der Waals surface area contributed by atoms with Crippen molar-refractivity contribution in [2.75, 3.05) is 17.2 Å². The van der Waals surface area contributed by atoms with Crippen LogP contribution in [0.1, 0.15) is 21.5 Å². The Morgan fingerprint density at radius 1 is 0.969 bits per heavy atom. The van der Waals surface area contributed by atoms with E-state index in [4.69, 9.17) is 0 Å². The number of carbonyl (C=O) groups excluding carboxylic acids is 2. The van der Waals surface area contributed by atoms with Crippen LogP contribution in [0.15, 0.2) is 66.7 Å². The maximum Gasteiger partial charge on any atom is 0.268 e. The van der Waals surface area contributed by atoms with Gasteiger partial charge in [0.1, 0.15) is 17.5 Å². The highest BCUT2D eigenvalue weighted by Crippen LogP contribution is 2.54. The van der Waals surface area contributed by atoms with Crippen molar-refractivity contribution in [1.82, 2.24) is 4.90 Å². The lowest BCUT2D eigenvalue weighted by atomic mass is 10.0. The first-order valence-corrected chi connectivity index (χ1v) is 11.0. The van der Waals surface area contributed by atoms with Gasteiger partial charge in [0.15, 0.2) is 4.87 Å². The van der Waals surface area contributed by atoms with Crippen LogP contribution in [0.5, 0.6) is 0 Å². The molecule has 0 radical (unpaired) electrons. The summed E-state index contributed by atoms with van der Waals surface area (Å²) >= 11 is 1.33. The molecule has 3 aromatic carbocycles. The minimum Gasteiger partial charge on any atom is -0.311 e. The summed E-state index contributed by atoms with van der Waals surface area (Å²) in [5, 5.41) is 0. The highest BCUT2D eigenvalue weighted by molar-refractivity contribution is 8.01. The van der Waals surface area contributed by atoms with Crippen molar-refractivity contribution in [2.45, 2.75) is 11.4 Å². The number of rotatable bonds is 3. The van der Waals surface area contributed by atoms with Crippen LogP contribution >= 0.6 is 11.8 Å². The van der Waals surface area contributed by atoms with E-state index in [9.17, 15) is 22.8 Å². The Morgan fingerprint density at radius 3 is 2.53 bits per heavy atom. The van der Waals surface area contributed by atoms with E-state index in [1.54, 1.807) is 24.3 Å². The first-order valence-electron chi connectivity index (χ1n) is 9.99. The van der Waals surface area contributed by atoms with Crippen LogP contribution in [0.2, 0.25) is 0 Å². The number of para-hydroxylation sites is 1. The van der Waals surface area contributed by atoms with Gasteiger partial charge in [-0.05, 0) is 30.3 Å². The molecule has 0 saturated carbocycles. The van der Waals surface area contributed by atoms with Gasteiger partial charge in [-0.3, -0.25) is 9.59 Å². The Kier molecular flexibility index (Phi) is 4.97. The van der Waals surface area contributed by atoms with Crippen molar-refractivity contribution in [3.8, 4) is 0 Å². The molecule has 0 aromatic heterocycles. The average molecular weight is 454 g/mol. The molecule has 0 N–H and O–H groups in total. The van der Waals surface area contributed by atoms with Crippen LogP contribution in [0.25, 0.3) is 0 Å². The van der Waals surface area contributed by atoms with Gasteiger partial charge in [-0.25, -0.2) is 13.2 Å². The van der Waals surface area contributed by atoms with Gasteiger partial charge in [0.25, 0.3) is 11.8 Å². The quantitative estimate of drug-likeness (QED) is 0.577. The zero-order valence-electron chi connectivity index (χ0n) is 16.7. The smallest absolute Gasteiger partial charge is 0.268 e. The fraction of sp³-hybridized carbons (Fsp3) is 0.167. The van der Waals surface area contributed by atoms with Gasteiger partial charge in [-0.15, -0.1) is 11.8 Å². The number of halogens is 3. The van der Waals surface area contributed by atoms with E-state index in [0.717, 1.165) is 18.2 Å². The van der Waals surface area contributed by atoms with Crippen LogP contribution in [0.3, 0.4) is 0 Å². The predicted octanol–water partition coefficient (Wildman–Crippen LogP) is 4.69. The highest BCUT2D eigenvalue weighted by Gasteiger charge is 2.59. The number of fused-ring (bicyclic) bond motifs is 2. The van der Waals surface area contributed by atoms with E-state index in [0.29, 0.717) is 23.5 Å². The van der Waals surface area contributed by atoms with Gasteiger partial charge < -0.3 is 9.80 Å². The molecule has 1 fully saturated rings. The molecule has 5 rings (SSSR count). The van der Waals surface area contributed by atoms with E-state index in [-0.39, 0.29) is 23.6 Å². The lowest BCUT2D eigenvalue weighted by Crippen LogP contribution is -2.50. The molecular formula is C24H17F3N2O2S. The van der Waals surface area contributed by atoms with E-state index in [1.807, 2.05) is 0 Å². The second-order valence-electron chi connectivity index (χ2n) is 7.60. The number of amides is 2. The number of hydrogen-bond acceptors (Lipinski definition) is 3. The van der Waals surface area contributed by atoms with Crippen LogP contribution in [0.4, 0.5) is 18.9 Å². The van der Waals surface area contributed by atoms with Crippen molar-refractivity contribution < 1.29 is 22.8 Å². The third-order valence-electron chi connectivity index (χ3n) is 5.76. The fourth-order valence-electron chi connectivity index (χ4n) is 4.32. The molecule has 4 nitrogen and oxygen atoms in total. The minimum absolute atomic E-state index is 0.105. The molecule has 32 heavy (non-hydrogen) atoms. The van der Waals surface area contributed by atoms with Gasteiger partial charge in [0.05, 0.1) is 12.2 Å². The Hall–Kier alpha value is -3.26. The second kappa shape index (κ2) is 7.70. The zero-order chi connectivity index (χ0) is 22.5. The Labute approximate surface area is 186 Å².